The van der Waals surface area contributed by atoms with E-state index in [0.717, 1.165) is 28.5 Å². The molecule has 0 spiro atoms. The molecule has 5 nitrogen and oxygen atoms in total. The topological polar surface area (TPSA) is 55.6 Å². The van der Waals surface area contributed by atoms with Crippen molar-refractivity contribution in [2.75, 3.05) is 12.3 Å². The van der Waals surface area contributed by atoms with E-state index >= 15 is 0 Å². The van der Waals surface area contributed by atoms with E-state index in [0.29, 0.717) is 0 Å². The third-order valence-electron chi connectivity index (χ3n) is 2.31. The molecular weight excluding hydrogens is 350 g/mol. The van der Waals surface area contributed by atoms with Crippen LogP contribution >= 0.6 is 27.7 Å². The number of tetrazole rings is 1. The Hall–Kier alpha value is -0.630. The number of aryl methyl sites for hydroxylation is 1. The van der Waals surface area contributed by atoms with Gasteiger partial charge < -0.3 is 17.7 Å². The zero-order valence-electron chi connectivity index (χ0n) is 10.4. The molecule has 0 atom stereocenters. The molecule has 0 bridgehead atoms. The van der Waals surface area contributed by atoms with Crippen LogP contribution in [0.3, 0.4) is 0 Å². The van der Waals surface area contributed by atoms with E-state index in [1.54, 1.807) is 16.4 Å². The van der Waals surface area contributed by atoms with Crippen molar-refractivity contribution in [1.82, 2.24) is 25.5 Å². The van der Waals surface area contributed by atoms with Gasteiger partial charge in [-0.25, -0.2) is 4.68 Å². The predicted octanol–water partition coefficient (Wildman–Crippen LogP) is -1.14. The van der Waals surface area contributed by atoms with Gasteiger partial charge in [-0.2, -0.15) is 0 Å². The molecule has 0 radical (unpaired) electrons. The molecule has 0 aliphatic rings. The first-order valence-electron chi connectivity index (χ1n) is 5.56. The van der Waals surface area contributed by atoms with Crippen LogP contribution in [0, 0.1) is 0 Å². The lowest BCUT2D eigenvalue weighted by Crippen LogP contribution is -3.00. The minimum Gasteiger partial charge on any atom is -1.00 e. The largest absolute Gasteiger partial charge is 1.00 e. The second-order valence-electron chi connectivity index (χ2n) is 3.74. The number of aromatic nitrogens is 4. The van der Waals surface area contributed by atoms with E-state index in [-0.39, 0.29) is 12.4 Å². The second-order valence-corrected chi connectivity index (χ2v) is 5.72. The number of rotatable bonds is 6. The third-order valence-corrected chi connectivity index (χ3v) is 3.81. The van der Waals surface area contributed by atoms with Crippen LogP contribution in [0.5, 0.6) is 0 Å². The predicted molar refractivity (Wildman–Crippen MR) is 75.4 cm³/mol. The molecule has 19 heavy (non-hydrogen) atoms. The van der Waals surface area contributed by atoms with E-state index in [4.69, 9.17) is 0 Å². The third kappa shape index (κ3) is 5.48. The molecule has 0 aliphatic heterocycles. The molecule has 1 N–H and O–H groups in total. The highest BCUT2D eigenvalue weighted by atomic mass is 79.9. The minimum atomic E-state index is 0. The number of nitrogens with zero attached hydrogens (tertiary/aromatic N) is 4. The van der Waals surface area contributed by atoms with Crippen molar-refractivity contribution in [1.29, 1.82) is 0 Å². The van der Waals surface area contributed by atoms with Crippen molar-refractivity contribution in [2.45, 2.75) is 11.7 Å². The lowest BCUT2D eigenvalue weighted by atomic mass is 10.2. The smallest absolute Gasteiger partial charge is 0.209 e. The number of halogens is 2. The summed E-state index contributed by atoms with van der Waals surface area (Å²) in [5.41, 5.74) is 1.27. The van der Waals surface area contributed by atoms with Crippen molar-refractivity contribution in [3.8, 4) is 0 Å². The highest BCUT2D eigenvalue weighted by Crippen LogP contribution is 2.12. The highest BCUT2D eigenvalue weighted by molar-refractivity contribution is 9.10. The van der Waals surface area contributed by atoms with Crippen LogP contribution in [0.15, 0.2) is 33.9 Å². The zero-order valence-corrected chi connectivity index (χ0v) is 13.5. The van der Waals surface area contributed by atoms with Crippen molar-refractivity contribution >= 4 is 27.7 Å². The fraction of sp³-hybridized carbons (Fsp3) is 0.364. The molecule has 0 aliphatic carbocycles. The van der Waals surface area contributed by atoms with Crippen molar-refractivity contribution < 1.29 is 12.4 Å². The summed E-state index contributed by atoms with van der Waals surface area (Å²) < 4.78 is 2.79. The molecule has 2 aromatic rings. The van der Waals surface area contributed by atoms with Gasteiger partial charge in [-0.3, -0.25) is 0 Å². The molecule has 0 fully saturated rings. The SMILES string of the molecule is Cn1nnnc1SCCNCc1cccc(Br)c1.[Cl-]. The average Bonchev–Trinajstić information content (AvgIpc) is 2.75. The Balaban J connectivity index is 0.00000180. The van der Waals surface area contributed by atoms with Crippen LogP contribution in [-0.4, -0.2) is 32.5 Å². The van der Waals surface area contributed by atoms with E-state index in [1.807, 2.05) is 19.2 Å². The van der Waals surface area contributed by atoms with Crippen LogP contribution in [0.4, 0.5) is 0 Å². The number of thioether (sulfide) groups is 1. The molecule has 0 saturated carbocycles. The van der Waals surface area contributed by atoms with E-state index in [9.17, 15) is 0 Å². The van der Waals surface area contributed by atoms with E-state index in [1.165, 1.54) is 5.56 Å². The van der Waals surface area contributed by atoms with E-state index in [2.05, 4.69) is 48.9 Å². The van der Waals surface area contributed by atoms with Crippen molar-refractivity contribution in [3.63, 3.8) is 0 Å². The van der Waals surface area contributed by atoms with Crippen LogP contribution in [0.25, 0.3) is 0 Å². The van der Waals surface area contributed by atoms with Crippen molar-refractivity contribution in [2.24, 2.45) is 7.05 Å². The van der Waals surface area contributed by atoms with Gasteiger partial charge in [0.15, 0.2) is 0 Å². The van der Waals surface area contributed by atoms with E-state index < -0.39 is 0 Å². The average molecular weight is 364 g/mol. The molecule has 1 heterocycles. The van der Waals surface area contributed by atoms with Gasteiger partial charge in [0.1, 0.15) is 0 Å². The van der Waals surface area contributed by atoms with Crippen LogP contribution in [0.1, 0.15) is 5.56 Å². The molecule has 0 amide bonds. The molecule has 0 unspecified atom stereocenters. The zero-order chi connectivity index (χ0) is 12.8. The molecule has 1 aromatic carbocycles. The van der Waals surface area contributed by atoms with Crippen molar-refractivity contribution in [3.05, 3.63) is 34.3 Å². The van der Waals surface area contributed by atoms with Gasteiger partial charge in [0.25, 0.3) is 0 Å². The van der Waals surface area contributed by atoms with Crippen LogP contribution in [-0.2, 0) is 13.6 Å². The van der Waals surface area contributed by atoms with Gasteiger partial charge in [-0.05, 0) is 28.1 Å². The second kappa shape index (κ2) is 8.52. The number of hydrogen-bond acceptors (Lipinski definition) is 5. The van der Waals surface area contributed by atoms with Gasteiger partial charge >= 0.3 is 0 Å². The lowest BCUT2D eigenvalue weighted by Gasteiger charge is -2.04. The summed E-state index contributed by atoms with van der Waals surface area (Å²) >= 11 is 5.11. The molecular formula is C11H14BrClN5S-. The standard InChI is InChI=1S/C11H14BrN5S.ClH/c1-17-11(14-15-16-17)18-6-5-13-8-9-3-2-4-10(12)7-9;/h2-4,7,13H,5-6,8H2,1H3;1H/p-1. The molecule has 1 aromatic heterocycles. The van der Waals surface area contributed by atoms with Crippen LogP contribution in [0.2, 0.25) is 0 Å². The Bertz CT molecular complexity index is 507. The Morgan fingerprint density at radius 3 is 2.95 bits per heavy atom. The summed E-state index contributed by atoms with van der Waals surface area (Å²) in [5.74, 6) is 0.947. The van der Waals surface area contributed by atoms with Gasteiger partial charge in [0.2, 0.25) is 5.16 Å². The Labute approximate surface area is 131 Å². The van der Waals surface area contributed by atoms with Gasteiger partial charge in [0.05, 0.1) is 0 Å². The monoisotopic (exact) mass is 362 g/mol. The quantitative estimate of drug-likeness (QED) is 0.519. The lowest BCUT2D eigenvalue weighted by molar-refractivity contribution is -0.00000379. The first-order valence-corrected chi connectivity index (χ1v) is 7.34. The number of nitrogens with one attached hydrogen (secondary N) is 1. The summed E-state index contributed by atoms with van der Waals surface area (Å²) in [6.07, 6.45) is 0. The summed E-state index contributed by atoms with van der Waals surface area (Å²) in [7, 11) is 1.84. The first-order chi connectivity index (χ1) is 8.75. The Morgan fingerprint density at radius 2 is 2.26 bits per heavy atom. The maximum absolute atomic E-state index is 3.91. The normalized spacial score (nSPS) is 10.2. The number of benzene rings is 1. The molecule has 2 rings (SSSR count). The van der Waals surface area contributed by atoms with Gasteiger partial charge in [0, 0.05) is 30.4 Å². The molecule has 8 heteroatoms. The van der Waals surface area contributed by atoms with Crippen LogP contribution < -0.4 is 17.7 Å². The molecule has 0 saturated heterocycles. The first kappa shape index (κ1) is 16.4. The molecule has 104 valence electrons. The summed E-state index contributed by atoms with van der Waals surface area (Å²) in [4.78, 5) is 0. The van der Waals surface area contributed by atoms with Gasteiger partial charge in [-0.1, -0.05) is 39.8 Å². The highest BCUT2D eigenvalue weighted by Gasteiger charge is 2.01. The fourth-order valence-corrected chi connectivity index (χ4v) is 2.63. The fourth-order valence-electron chi connectivity index (χ4n) is 1.44. The number of hydrogen-bond donors (Lipinski definition) is 1. The Kier molecular flexibility index (Phi) is 7.37. The summed E-state index contributed by atoms with van der Waals surface area (Å²) in [5, 5.41) is 15.5. The Morgan fingerprint density at radius 1 is 1.42 bits per heavy atom. The summed E-state index contributed by atoms with van der Waals surface area (Å²) in [6.45, 7) is 1.79. The van der Waals surface area contributed by atoms with Gasteiger partial charge in [-0.15, -0.1) is 5.10 Å². The maximum atomic E-state index is 3.91. The summed E-state index contributed by atoms with van der Waals surface area (Å²) in [6, 6.07) is 8.30. The maximum Gasteiger partial charge on any atom is 0.209 e. The minimum absolute atomic E-state index is 0.